The van der Waals surface area contributed by atoms with Crippen LogP contribution in [0.4, 0.5) is 0 Å². The van der Waals surface area contributed by atoms with Crippen molar-refractivity contribution in [2.45, 2.75) is 64.5 Å². The molecule has 2 atom stereocenters. The molecule has 1 aliphatic rings. The summed E-state index contributed by atoms with van der Waals surface area (Å²) in [5.74, 6) is 1.61. The maximum absolute atomic E-state index is 12.7. The minimum atomic E-state index is -0.143. The molecule has 2 rings (SSSR count). The van der Waals surface area contributed by atoms with E-state index in [-0.39, 0.29) is 23.5 Å². The molecule has 124 valence electrons. The largest absolute Gasteiger partial charge is 0.469 e. The molecule has 1 amide bonds. The van der Waals surface area contributed by atoms with E-state index in [0.29, 0.717) is 12.3 Å². The first-order valence-corrected chi connectivity index (χ1v) is 8.23. The van der Waals surface area contributed by atoms with E-state index >= 15 is 0 Å². The zero-order valence-electron chi connectivity index (χ0n) is 14.5. The Bertz CT molecular complexity index is 479. The van der Waals surface area contributed by atoms with Crippen LogP contribution in [0.5, 0.6) is 0 Å². The van der Waals surface area contributed by atoms with Gasteiger partial charge in [-0.3, -0.25) is 4.79 Å². The van der Waals surface area contributed by atoms with E-state index in [0.717, 1.165) is 25.2 Å². The van der Waals surface area contributed by atoms with Gasteiger partial charge in [-0.1, -0.05) is 13.8 Å². The van der Waals surface area contributed by atoms with Crippen LogP contribution >= 0.6 is 0 Å². The van der Waals surface area contributed by atoms with Crippen molar-refractivity contribution >= 4 is 5.91 Å². The highest BCUT2D eigenvalue weighted by atomic mass is 16.5. The number of hydrogen-bond donors (Lipinski definition) is 0. The molecule has 4 heteroatoms. The smallest absolute Gasteiger partial charge is 0.223 e. The molecule has 0 aliphatic carbocycles. The van der Waals surface area contributed by atoms with Gasteiger partial charge in [-0.15, -0.1) is 0 Å². The Balaban J connectivity index is 2.01. The number of rotatable bonds is 5. The number of ether oxygens (including phenoxy) is 1. The number of furan rings is 1. The Labute approximate surface area is 133 Å². The predicted molar refractivity (Wildman–Crippen MR) is 86.7 cm³/mol. The second kappa shape index (κ2) is 6.86. The second-order valence-corrected chi connectivity index (χ2v) is 7.33. The van der Waals surface area contributed by atoms with Crippen molar-refractivity contribution in [1.82, 2.24) is 4.90 Å². The van der Waals surface area contributed by atoms with Gasteiger partial charge in [-0.25, -0.2) is 0 Å². The zero-order valence-corrected chi connectivity index (χ0v) is 14.5. The molecule has 1 fully saturated rings. The lowest BCUT2D eigenvalue weighted by Gasteiger charge is -2.40. The molecule has 2 heterocycles. The Morgan fingerprint density at radius 2 is 2.18 bits per heavy atom. The zero-order chi connectivity index (χ0) is 16.3. The average molecular weight is 307 g/mol. The molecule has 0 bridgehead atoms. The molecular formula is C18H29NO3. The second-order valence-electron chi connectivity index (χ2n) is 7.33. The predicted octanol–water partition coefficient (Wildman–Crippen LogP) is 3.83. The third kappa shape index (κ3) is 4.13. The minimum Gasteiger partial charge on any atom is -0.469 e. The molecule has 0 spiro atoms. The first kappa shape index (κ1) is 17.1. The van der Waals surface area contributed by atoms with E-state index < -0.39 is 0 Å². The van der Waals surface area contributed by atoms with E-state index in [1.54, 1.807) is 6.26 Å². The number of carbonyl (C=O) groups excluding carboxylic acids is 1. The van der Waals surface area contributed by atoms with E-state index in [9.17, 15) is 4.79 Å². The van der Waals surface area contributed by atoms with Crippen LogP contribution in [0.3, 0.4) is 0 Å². The summed E-state index contributed by atoms with van der Waals surface area (Å²) in [6.45, 7) is 9.19. The monoisotopic (exact) mass is 307 g/mol. The van der Waals surface area contributed by atoms with Crippen LogP contribution in [-0.4, -0.2) is 36.1 Å². The van der Waals surface area contributed by atoms with Gasteiger partial charge in [0, 0.05) is 32.0 Å². The summed E-state index contributed by atoms with van der Waals surface area (Å²) in [6.07, 6.45) is 3.99. The molecule has 4 nitrogen and oxygen atoms in total. The molecule has 0 radical (unpaired) electrons. The van der Waals surface area contributed by atoms with E-state index in [1.807, 2.05) is 24.1 Å². The number of nitrogens with zero attached hydrogens (tertiary/aromatic N) is 1. The van der Waals surface area contributed by atoms with E-state index in [1.165, 1.54) is 0 Å². The Kier molecular flexibility index (Phi) is 5.32. The summed E-state index contributed by atoms with van der Waals surface area (Å²) in [6, 6.07) is 4.12. The molecule has 0 aromatic carbocycles. The lowest BCUT2D eigenvalue weighted by molar-refractivity contribution is -0.138. The van der Waals surface area contributed by atoms with Crippen LogP contribution in [0.25, 0.3) is 0 Å². The maximum Gasteiger partial charge on any atom is 0.223 e. The summed E-state index contributed by atoms with van der Waals surface area (Å²) < 4.78 is 11.3. The summed E-state index contributed by atoms with van der Waals surface area (Å²) in [7, 11) is 1.92. The summed E-state index contributed by atoms with van der Waals surface area (Å²) in [5, 5.41) is 0. The van der Waals surface area contributed by atoms with E-state index in [4.69, 9.17) is 9.15 Å². The normalized spacial score (nSPS) is 22.5. The van der Waals surface area contributed by atoms with Gasteiger partial charge in [0.1, 0.15) is 5.76 Å². The van der Waals surface area contributed by atoms with Gasteiger partial charge in [0.25, 0.3) is 0 Å². The van der Waals surface area contributed by atoms with Crippen molar-refractivity contribution in [3.8, 4) is 0 Å². The molecule has 0 unspecified atom stereocenters. The Morgan fingerprint density at radius 1 is 1.45 bits per heavy atom. The molecular weight excluding hydrogens is 278 g/mol. The number of carbonyl (C=O) groups is 1. The van der Waals surface area contributed by atoms with Gasteiger partial charge in [0.05, 0.1) is 11.9 Å². The molecule has 0 saturated carbocycles. The lowest BCUT2D eigenvalue weighted by atomic mass is 9.88. The minimum absolute atomic E-state index is 0.137. The first-order chi connectivity index (χ1) is 10.3. The fraction of sp³-hybridized carbons (Fsp3) is 0.722. The van der Waals surface area contributed by atoms with Crippen LogP contribution in [-0.2, 0) is 9.53 Å². The van der Waals surface area contributed by atoms with Crippen molar-refractivity contribution in [3.63, 3.8) is 0 Å². The first-order valence-electron chi connectivity index (χ1n) is 8.23. The summed E-state index contributed by atoms with van der Waals surface area (Å²) in [5.41, 5.74) is -0.143. The fourth-order valence-corrected chi connectivity index (χ4v) is 3.23. The highest BCUT2D eigenvalue weighted by Gasteiger charge is 2.33. The fourth-order valence-electron chi connectivity index (χ4n) is 3.23. The molecule has 1 saturated heterocycles. The van der Waals surface area contributed by atoms with Crippen LogP contribution in [0.15, 0.2) is 22.8 Å². The van der Waals surface area contributed by atoms with Crippen LogP contribution in [0.1, 0.15) is 58.6 Å². The Morgan fingerprint density at radius 3 is 2.73 bits per heavy atom. The van der Waals surface area contributed by atoms with Crippen LogP contribution < -0.4 is 0 Å². The van der Waals surface area contributed by atoms with Gasteiger partial charge in [0.15, 0.2) is 0 Å². The lowest BCUT2D eigenvalue weighted by Crippen LogP contribution is -2.47. The maximum atomic E-state index is 12.7. The highest BCUT2D eigenvalue weighted by Crippen LogP contribution is 2.31. The van der Waals surface area contributed by atoms with E-state index in [2.05, 4.69) is 27.7 Å². The topological polar surface area (TPSA) is 42.7 Å². The van der Waals surface area contributed by atoms with Crippen molar-refractivity contribution in [2.24, 2.45) is 5.92 Å². The molecule has 1 aromatic heterocycles. The third-order valence-corrected chi connectivity index (χ3v) is 4.72. The van der Waals surface area contributed by atoms with Crippen molar-refractivity contribution in [2.75, 3.05) is 13.7 Å². The number of hydrogen-bond acceptors (Lipinski definition) is 3. The molecule has 1 aliphatic heterocycles. The van der Waals surface area contributed by atoms with Crippen molar-refractivity contribution in [1.29, 1.82) is 0 Å². The molecule has 22 heavy (non-hydrogen) atoms. The van der Waals surface area contributed by atoms with Gasteiger partial charge < -0.3 is 14.1 Å². The quantitative estimate of drug-likeness (QED) is 0.830. The van der Waals surface area contributed by atoms with Gasteiger partial charge in [0.2, 0.25) is 5.91 Å². The van der Waals surface area contributed by atoms with Gasteiger partial charge in [-0.2, -0.15) is 0 Å². The highest BCUT2D eigenvalue weighted by molar-refractivity contribution is 5.77. The number of amides is 1. The third-order valence-electron chi connectivity index (χ3n) is 4.72. The van der Waals surface area contributed by atoms with Gasteiger partial charge in [-0.05, 0) is 44.7 Å². The van der Waals surface area contributed by atoms with Crippen molar-refractivity contribution < 1.29 is 13.9 Å². The summed E-state index contributed by atoms with van der Waals surface area (Å²) in [4.78, 5) is 14.6. The Hall–Kier alpha value is -1.29. The SMILES string of the molecule is CC(C)[C@@H](CC(=O)N(C)[C@H]1CCOC(C)(C)C1)c1ccco1. The van der Waals surface area contributed by atoms with Gasteiger partial charge >= 0.3 is 0 Å². The van der Waals surface area contributed by atoms with Crippen LogP contribution in [0.2, 0.25) is 0 Å². The average Bonchev–Trinajstić information content (AvgIpc) is 2.96. The van der Waals surface area contributed by atoms with Crippen LogP contribution in [0, 0.1) is 5.92 Å². The standard InChI is InChI=1S/C18H29NO3/c1-13(2)15(16-7-6-9-21-16)11-17(20)19(5)14-8-10-22-18(3,4)12-14/h6-7,9,13-15H,8,10-12H2,1-5H3/t14-,15+/m0/s1. The molecule has 0 N–H and O–H groups in total. The summed E-state index contributed by atoms with van der Waals surface area (Å²) >= 11 is 0. The van der Waals surface area contributed by atoms with Crippen molar-refractivity contribution in [3.05, 3.63) is 24.2 Å². The molecule has 1 aromatic rings.